The summed E-state index contributed by atoms with van der Waals surface area (Å²) in [5.74, 6) is 1.46. The monoisotopic (exact) mass is 231 g/mol. The lowest BCUT2D eigenvalue weighted by Crippen LogP contribution is -2.34. The Bertz CT molecular complexity index is 139. The fourth-order valence-corrected chi connectivity index (χ4v) is 1.90. The van der Waals surface area contributed by atoms with E-state index in [1.54, 1.807) is 0 Å². The average Bonchev–Trinajstić information content (AvgIpc) is 2.15. The molecule has 0 unspecified atom stereocenters. The SMILES string of the molecule is CC(C)CC(CC(C)C)NCCOCCO. The summed E-state index contributed by atoms with van der Waals surface area (Å²) in [5.41, 5.74) is 0. The standard InChI is InChI=1S/C13H29NO2/c1-11(2)9-13(10-12(3)4)14-5-7-16-8-6-15/h11-15H,5-10H2,1-4H3. The third kappa shape index (κ3) is 10.4. The van der Waals surface area contributed by atoms with Gasteiger partial charge in [0.25, 0.3) is 0 Å². The number of ether oxygens (including phenoxy) is 1. The zero-order valence-corrected chi connectivity index (χ0v) is 11.3. The molecule has 0 radical (unpaired) electrons. The van der Waals surface area contributed by atoms with Crippen molar-refractivity contribution in [1.29, 1.82) is 0 Å². The van der Waals surface area contributed by atoms with Crippen LogP contribution >= 0.6 is 0 Å². The van der Waals surface area contributed by atoms with E-state index < -0.39 is 0 Å². The molecule has 0 fully saturated rings. The minimum atomic E-state index is 0.113. The second kappa shape index (κ2) is 10.1. The van der Waals surface area contributed by atoms with E-state index in [1.165, 1.54) is 12.8 Å². The van der Waals surface area contributed by atoms with Gasteiger partial charge >= 0.3 is 0 Å². The van der Waals surface area contributed by atoms with Crippen LogP contribution < -0.4 is 5.32 Å². The molecule has 0 spiro atoms. The Morgan fingerprint density at radius 2 is 1.56 bits per heavy atom. The van der Waals surface area contributed by atoms with Crippen LogP contribution in [0.1, 0.15) is 40.5 Å². The van der Waals surface area contributed by atoms with Crippen LogP contribution in [0.15, 0.2) is 0 Å². The molecule has 0 aliphatic rings. The van der Waals surface area contributed by atoms with Crippen molar-refractivity contribution >= 4 is 0 Å². The maximum atomic E-state index is 8.57. The molecule has 0 rings (SSSR count). The van der Waals surface area contributed by atoms with E-state index in [4.69, 9.17) is 9.84 Å². The molecule has 0 amide bonds. The highest BCUT2D eigenvalue weighted by Gasteiger charge is 2.11. The van der Waals surface area contributed by atoms with E-state index in [9.17, 15) is 0 Å². The molecular weight excluding hydrogens is 202 g/mol. The molecule has 3 heteroatoms. The summed E-state index contributed by atoms with van der Waals surface area (Å²) in [4.78, 5) is 0. The van der Waals surface area contributed by atoms with Gasteiger partial charge in [-0.3, -0.25) is 0 Å². The molecule has 0 saturated carbocycles. The summed E-state index contributed by atoms with van der Waals surface area (Å²) in [6.07, 6.45) is 2.44. The van der Waals surface area contributed by atoms with Crippen molar-refractivity contribution in [3.8, 4) is 0 Å². The summed E-state index contributed by atoms with van der Waals surface area (Å²) in [7, 11) is 0. The van der Waals surface area contributed by atoms with E-state index >= 15 is 0 Å². The second-order valence-electron chi connectivity index (χ2n) is 5.25. The van der Waals surface area contributed by atoms with Gasteiger partial charge in [-0.15, -0.1) is 0 Å². The van der Waals surface area contributed by atoms with Gasteiger partial charge in [-0.05, 0) is 24.7 Å². The quantitative estimate of drug-likeness (QED) is 0.565. The Kier molecular flexibility index (Phi) is 9.99. The van der Waals surface area contributed by atoms with E-state index in [2.05, 4.69) is 33.0 Å². The maximum Gasteiger partial charge on any atom is 0.0698 e. The molecule has 0 aliphatic carbocycles. The van der Waals surface area contributed by atoms with Crippen molar-refractivity contribution in [2.24, 2.45) is 11.8 Å². The molecule has 0 aromatic carbocycles. The van der Waals surface area contributed by atoms with E-state index in [0.717, 1.165) is 18.4 Å². The number of rotatable bonds is 10. The average molecular weight is 231 g/mol. The fourth-order valence-electron chi connectivity index (χ4n) is 1.90. The summed E-state index contributed by atoms with van der Waals surface area (Å²) in [6, 6.07) is 0.595. The van der Waals surface area contributed by atoms with Crippen molar-refractivity contribution < 1.29 is 9.84 Å². The topological polar surface area (TPSA) is 41.5 Å². The van der Waals surface area contributed by atoms with Gasteiger partial charge in [-0.25, -0.2) is 0 Å². The highest BCUT2D eigenvalue weighted by Crippen LogP contribution is 2.12. The highest BCUT2D eigenvalue weighted by molar-refractivity contribution is 4.70. The Balaban J connectivity index is 3.65. The van der Waals surface area contributed by atoms with Crippen LogP contribution in [-0.4, -0.2) is 37.5 Å². The summed E-state index contributed by atoms with van der Waals surface area (Å²) in [5, 5.41) is 12.1. The van der Waals surface area contributed by atoms with Gasteiger partial charge in [0.2, 0.25) is 0 Å². The minimum Gasteiger partial charge on any atom is -0.394 e. The number of aliphatic hydroxyl groups is 1. The lowest BCUT2D eigenvalue weighted by molar-refractivity contribution is 0.0917. The predicted molar refractivity (Wildman–Crippen MR) is 68.6 cm³/mol. The van der Waals surface area contributed by atoms with Gasteiger partial charge in [-0.1, -0.05) is 27.7 Å². The maximum absolute atomic E-state index is 8.57. The number of aliphatic hydroxyl groups excluding tert-OH is 1. The van der Waals surface area contributed by atoms with Gasteiger partial charge in [-0.2, -0.15) is 0 Å². The number of hydrogen-bond donors (Lipinski definition) is 2. The van der Waals surface area contributed by atoms with E-state index in [0.29, 0.717) is 19.3 Å². The van der Waals surface area contributed by atoms with Crippen molar-refractivity contribution in [2.45, 2.75) is 46.6 Å². The zero-order chi connectivity index (χ0) is 12.4. The lowest BCUT2D eigenvalue weighted by atomic mass is 9.96. The Morgan fingerprint density at radius 3 is 2.00 bits per heavy atom. The van der Waals surface area contributed by atoms with E-state index in [1.807, 2.05) is 0 Å². The summed E-state index contributed by atoms with van der Waals surface area (Å²) >= 11 is 0. The smallest absolute Gasteiger partial charge is 0.0698 e. The molecule has 0 heterocycles. The van der Waals surface area contributed by atoms with Gasteiger partial charge in [0.1, 0.15) is 0 Å². The number of hydrogen-bond acceptors (Lipinski definition) is 3. The minimum absolute atomic E-state index is 0.113. The number of nitrogens with one attached hydrogen (secondary N) is 1. The Hall–Kier alpha value is -0.120. The molecule has 0 aromatic rings. The molecule has 98 valence electrons. The molecule has 16 heavy (non-hydrogen) atoms. The van der Waals surface area contributed by atoms with Gasteiger partial charge < -0.3 is 15.2 Å². The first-order valence-corrected chi connectivity index (χ1v) is 6.48. The third-order valence-corrected chi connectivity index (χ3v) is 2.43. The van der Waals surface area contributed by atoms with Crippen LogP contribution in [0.4, 0.5) is 0 Å². The first kappa shape index (κ1) is 15.9. The molecule has 2 N–H and O–H groups in total. The van der Waals surface area contributed by atoms with E-state index in [-0.39, 0.29) is 6.61 Å². The predicted octanol–water partition coefficient (Wildman–Crippen LogP) is 2.05. The highest BCUT2D eigenvalue weighted by atomic mass is 16.5. The van der Waals surface area contributed by atoms with Crippen molar-refractivity contribution in [3.63, 3.8) is 0 Å². The van der Waals surface area contributed by atoms with Gasteiger partial charge in [0.15, 0.2) is 0 Å². The zero-order valence-electron chi connectivity index (χ0n) is 11.3. The summed E-state index contributed by atoms with van der Waals surface area (Å²) < 4.78 is 5.23. The van der Waals surface area contributed by atoms with Gasteiger partial charge in [0, 0.05) is 12.6 Å². The third-order valence-electron chi connectivity index (χ3n) is 2.43. The molecule has 3 nitrogen and oxygen atoms in total. The van der Waals surface area contributed by atoms with Gasteiger partial charge in [0.05, 0.1) is 19.8 Å². The van der Waals surface area contributed by atoms with Crippen LogP contribution in [0.5, 0.6) is 0 Å². The molecule has 0 bridgehead atoms. The Labute approximate surface area is 101 Å². The van der Waals surface area contributed by atoms with Crippen LogP contribution in [0, 0.1) is 11.8 Å². The first-order chi connectivity index (χ1) is 7.56. The second-order valence-corrected chi connectivity index (χ2v) is 5.25. The summed E-state index contributed by atoms with van der Waals surface area (Å²) in [6.45, 7) is 11.2. The molecule has 0 saturated heterocycles. The fraction of sp³-hybridized carbons (Fsp3) is 1.00. The van der Waals surface area contributed by atoms with Crippen LogP contribution in [0.2, 0.25) is 0 Å². The Morgan fingerprint density at radius 1 is 1.00 bits per heavy atom. The van der Waals surface area contributed by atoms with Crippen molar-refractivity contribution in [1.82, 2.24) is 5.32 Å². The molecule has 0 aliphatic heterocycles. The molecular formula is C13H29NO2. The normalized spacial score (nSPS) is 12.0. The van der Waals surface area contributed by atoms with Crippen molar-refractivity contribution in [3.05, 3.63) is 0 Å². The van der Waals surface area contributed by atoms with Crippen LogP contribution in [0.3, 0.4) is 0 Å². The first-order valence-electron chi connectivity index (χ1n) is 6.48. The largest absolute Gasteiger partial charge is 0.394 e. The van der Waals surface area contributed by atoms with Crippen LogP contribution in [0.25, 0.3) is 0 Å². The van der Waals surface area contributed by atoms with Crippen LogP contribution in [-0.2, 0) is 4.74 Å². The lowest BCUT2D eigenvalue weighted by Gasteiger charge is -2.22. The molecule has 0 atom stereocenters. The molecule has 0 aromatic heterocycles. The van der Waals surface area contributed by atoms with Crippen molar-refractivity contribution in [2.75, 3.05) is 26.4 Å².